The Hall–Kier alpha value is -3.39. The molecule has 0 bridgehead atoms. The third kappa shape index (κ3) is 5.03. The molecular weight excluding hydrogens is 448 g/mol. The van der Waals surface area contributed by atoms with Crippen LogP contribution in [-0.2, 0) is 19.1 Å². The van der Waals surface area contributed by atoms with Crippen molar-refractivity contribution in [1.82, 2.24) is 10.6 Å². The van der Waals surface area contributed by atoms with Gasteiger partial charge in [0, 0.05) is 5.92 Å². The van der Waals surface area contributed by atoms with Gasteiger partial charge in [0.15, 0.2) is 0 Å². The molecule has 1 saturated heterocycles. The average Bonchev–Trinajstić information content (AvgIpc) is 3.39. The lowest BCUT2D eigenvalue weighted by Gasteiger charge is -2.27. The van der Waals surface area contributed by atoms with E-state index in [1.54, 1.807) is 6.92 Å². The molecule has 3 N–H and O–H groups in total. The van der Waals surface area contributed by atoms with Crippen molar-refractivity contribution in [3.8, 4) is 11.1 Å². The molecule has 0 saturated carbocycles. The van der Waals surface area contributed by atoms with Gasteiger partial charge < -0.3 is 25.2 Å². The summed E-state index contributed by atoms with van der Waals surface area (Å²) < 4.78 is 10.9. The number of carboxylic acids is 1. The van der Waals surface area contributed by atoms with E-state index in [2.05, 4.69) is 22.8 Å². The Morgan fingerprint density at radius 1 is 1.11 bits per heavy atom. The highest BCUT2D eigenvalue weighted by molar-refractivity contribution is 5.87. The van der Waals surface area contributed by atoms with Crippen molar-refractivity contribution in [2.24, 2.45) is 5.41 Å². The van der Waals surface area contributed by atoms with Gasteiger partial charge in [0.25, 0.3) is 0 Å². The van der Waals surface area contributed by atoms with Crippen molar-refractivity contribution >= 4 is 18.0 Å². The molecule has 1 heterocycles. The Morgan fingerprint density at radius 2 is 1.74 bits per heavy atom. The van der Waals surface area contributed by atoms with E-state index < -0.39 is 35.5 Å². The smallest absolute Gasteiger partial charge is 0.407 e. The second-order valence-corrected chi connectivity index (χ2v) is 9.46. The molecule has 35 heavy (non-hydrogen) atoms. The van der Waals surface area contributed by atoms with E-state index in [0.29, 0.717) is 6.42 Å². The molecule has 186 valence electrons. The Balaban J connectivity index is 1.40. The number of carboxylic acid groups (broad SMARTS) is 1. The van der Waals surface area contributed by atoms with E-state index in [1.165, 1.54) is 0 Å². The van der Waals surface area contributed by atoms with Gasteiger partial charge in [-0.25, -0.2) is 4.79 Å². The molecule has 2 aromatic carbocycles. The minimum atomic E-state index is -1.21. The number of hydrogen-bond acceptors (Lipinski definition) is 5. The number of rotatable bonds is 9. The van der Waals surface area contributed by atoms with Crippen molar-refractivity contribution in [3.63, 3.8) is 0 Å². The maximum atomic E-state index is 13.0. The highest BCUT2D eigenvalue weighted by atomic mass is 16.5. The summed E-state index contributed by atoms with van der Waals surface area (Å²) in [5.74, 6) is -1.55. The van der Waals surface area contributed by atoms with Gasteiger partial charge in [0.1, 0.15) is 18.1 Å². The first-order valence-corrected chi connectivity index (χ1v) is 12.1. The van der Waals surface area contributed by atoms with Crippen molar-refractivity contribution in [2.75, 3.05) is 19.8 Å². The lowest BCUT2D eigenvalue weighted by Crippen LogP contribution is -2.55. The molecule has 3 unspecified atom stereocenters. The van der Waals surface area contributed by atoms with Crippen LogP contribution in [-0.4, -0.2) is 55.0 Å². The highest BCUT2D eigenvalue weighted by Gasteiger charge is 2.47. The second-order valence-electron chi connectivity index (χ2n) is 9.46. The fourth-order valence-corrected chi connectivity index (χ4v) is 4.82. The topological polar surface area (TPSA) is 114 Å². The van der Waals surface area contributed by atoms with Crippen molar-refractivity contribution in [3.05, 3.63) is 59.7 Å². The predicted molar refractivity (Wildman–Crippen MR) is 130 cm³/mol. The molecule has 1 aliphatic heterocycles. The molecule has 3 atom stereocenters. The van der Waals surface area contributed by atoms with Gasteiger partial charge in [-0.3, -0.25) is 9.59 Å². The summed E-state index contributed by atoms with van der Waals surface area (Å²) in [6, 6.07) is 14.6. The van der Waals surface area contributed by atoms with Gasteiger partial charge in [-0.15, -0.1) is 0 Å². The van der Waals surface area contributed by atoms with Gasteiger partial charge in [0.05, 0.1) is 19.3 Å². The fraction of sp³-hybridized carbons (Fsp3) is 0.444. The molecule has 1 fully saturated rings. The predicted octanol–water partition coefficient (Wildman–Crippen LogP) is 3.69. The van der Waals surface area contributed by atoms with Gasteiger partial charge in [-0.05, 0) is 35.6 Å². The monoisotopic (exact) mass is 480 g/mol. The van der Waals surface area contributed by atoms with Crippen LogP contribution >= 0.6 is 0 Å². The first kappa shape index (κ1) is 24.7. The zero-order valence-corrected chi connectivity index (χ0v) is 20.1. The maximum Gasteiger partial charge on any atom is 0.407 e. The normalized spacial score (nSPS) is 21.6. The number of amides is 2. The molecule has 4 rings (SSSR count). The summed E-state index contributed by atoms with van der Waals surface area (Å²) in [5, 5.41) is 15.0. The molecule has 0 aromatic heterocycles. The van der Waals surface area contributed by atoms with Gasteiger partial charge in [0.2, 0.25) is 5.91 Å². The van der Waals surface area contributed by atoms with E-state index in [0.717, 1.165) is 35.1 Å². The molecule has 1 aliphatic carbocycles. The summed E-state index contributed by atoms with van der Waals surface area (Å²) >= 11 is 0. The van der Waals surface area contributed by atoms with Crippen LogP contribution in [0, 0.1) is 5.41 Å². The molecule has 2 aliphatic rings. The van der Waals surface area contributed by atoms with E-state index in [4.69, 9.17) is 9.47 Å². The third-order valence-corrected chi connectivity index (χ3v) is 7.06. The van der Waals surface area contributed by atoms with Crippen LogP contribution in [0.15, 0.2) is 48.5 Å². The highest BCUT2D eigenvalue weighted by Crippen LogP contribution is 2.44. The van der Waals surface area contributed by atoms with Gasteiger partial charge >= 0.3 is 12.1 Å². The van der Waals surface area contributed by atoms with E-state index in [-0.39, 0.29) is 25.7 Å². The minimum Gasteiger partial charge on any atom is -0.481 e. The molecule has 8 nitrogen and oxygen atoms in total. The fourth-order valence-electron chi connectivity index (χ4n) is 4.82. The summed E-state index contributed by atoms with van der Waals surface area (Å²) in [5.41, 5.74) is 3.27. The Kier molecular flexibility index (Phi) is 7.40. The van der Waals surface area contributed by atoms with Crippen LogP contribution in [0.25, 0.3) is 11.1 Å². The second kappa shape index (κ2) is 10.5. The number of unbranched alkanes of at least 4 members (excludes halogenated alkanes) is 1. The van der Waals surface area contributed by atoms with E-state index in [9.17, 15) is 19.5 Å². The van der Waals surface area contributed by atoms with Crippen molar-refractivity contribution in [2.45, 2.75) is 51.1 Å². The van der Waals surface area contributed by atoms with Crippen LogP contribution in [0.2, 0.25) is 0 Å². The van der Waals surface area contributed by atoms with Crippen LogP contribution in [0.1, 0.15) is 50.2 Å². The van der Waals surface area contributed by atoms with Gasteiger partial charge in [-0.1, -0.05) is 68.3 Å². The number of carbonyl (C=O) groups excluding carboxylic acids is 2. The van der Waals surface area contributed by atoms with E-state index in [1.807, 2.05) is 43.3 Å². The molecule has 8 heteroatoms. The third-order valence-electron chi connectivity index (χ3n) is 7.06. The van der Waals surface area contributed by atoms with Crippen LogP contribution < -0.4 is 10.6 Å². The number of benzene rings is 2. The number of carbonyl (C=O) groups is 3. The number of hydrogen-bond donors (Lipinski definition) is 3. The van der Waals surface area contributed by atoms with E-state index >= 15 is 0 Å². The van der Waals surface area contributed by atoms with Crippen LogP contribution in [0.4, 0.5) is 4.79 Å². The molecular formula is C27H32N2O6. The molecule has 0 radical (unpaired) electrons. The standard InChI is InChI=1S/C27H32N2O6/c1-3-4-13-22(24(30)29-23-15-34-16-27(23,2)25(31)32)28-26(33)35-14-21-19-11-7-5-9-17(19)18-10-6-8-12-20(18)21/h5-12,21-23H,3-4,13-16H2,1-2H3,(H,28,33)(H,29,30)(H,31,32). The maximum absolute atomic E-state index is 13.0. The van der Waals surface area contributed by atoms with Crippen molar-refractivity contribution in [1.29, 1.82) is 0 Å². The summed E-state index contributed by atoms with van der Waals surface area (Å²) in [7, 11) is 0. The first-order valence-electron chi connectivity index (χ1n) is 12.1. The Labute approximate surface area is 205 Å². The molecule has 2 amide bonds. The Morgan fingerprint density at radius 3 is 2.34 bits per heavy atom. The van der Waals surface area contributed by atoms with Crippen molar-refractivity contribution < 1.29 is 29.0 Å². The molecule has 0 spiro atoms. The summed E-state index contributed by atoms with van der Waals surface area (Å²) in [4.78, 5) is 37.5. The molecule has 2 aromatic rings. The summed E-state index contributed by atoms with van der Waals surface area (Å²) in [6.45, 7) is 3.82. The minimum absolute atomic E-state index is 0.0205. The Bertz CT molecular complexity index is 1060. The average molecular weight is 481 g/mol. The SMILES string of the molecule is CCCCC(NC(=O)OCC1c2ccccc2-c2ccccc21)C(=O)NC1COCC1(C)C(=O)O. The number of nitrogens with one attached hydrogen (secondary N) is 2. The van der Waals surface area contributed by atoms with Crippen LogP contribution in [0.3, 0.4) is 0 Å². The largest absolute Gasteiger partial charge is 0.481 e. The number of fused-ring (bicyclic) bond motifs is 3. The zero-order valence-electron chi connectivity index (χ0n) is 20.1. The van der Waals surface area contributed by atoms with Gasteiger partial charge in [-0.2, -0.15) is 0 Å². The lowest BCUT2D eigenvalue weighted by molar-refractivity contribution is -0.149. The number of alkyl carbamates (subject to hydrolysis) is 1. The number of ether oxygens (including phenoxy) is 2. The number of aliphatic carboxylic acids is 1. The summed E-state index contributed by atoms with van der Waals surface area (Å²) in [6.07, 6.45) is 1.31. The first-order chi connectivity index (χ1) is 16.8. The zero-order chi connectivity index (χ0) is 25.0. The quantitative estimate of drug-likeness (QED) is 0.504. The lowest BCUT2D eigenvalue weighted by atomic mass is 9.85. The van der Waals surface area contributed by atoms with Crippen LogP contribution in [0.5, 0.6) is 0 Å².